The summed E-state index contributed by atoms with van der Waals surface area (Å²) in [6.45, 7) is 2.91. The number of thioether (sulfide) groups is 1. The number of hydrogen-bond donors (Lipinski definition) is 0. The van der Waals surface area contributed by atoms with Crippen LogP contribution in [0.25, 0.3) is 11.0 Å². The van der Waals surface area contributed by atoms with Gasteiger partial charge in [-0.1, -0.05) is 41.6 Å². The summed E-state index contributed by atoms with van der Waals surface area (Å²) in [6.07, 6.45) is 1.15. The van der Waals surface area contributed by atoms with Gasteiger partial charge in [0.05, 0.1) is 16.7 Å². The molecule has 8 heteroatoms. The van der Waals surface area contributed by atoms with E-state index >= 15 is 0 Å². The summed E-state index contributed by atoms with van der Waals surface area (Å²) >= 11 is 7.80. The second kappa shape index (κ2) is 8.70. The van der Waals surface area contributed by atoms with E-state index in [2.05, 4.69) is 4.99 Å². The molecule has 1 amide bonds. The van der Waals surface area contributed by atoms with Crippen LogP contribution in [0.15, 0.2) is 52.3 Å². The Morgan fingerprint density at radius 2 is 1.97 bits per heavy atom. The molecule has 2 heterocycles. The highest BCUT2D eigenvalue weighted by atomic mass is 35.5. The van der Waals surface area contributed by atoms with Crippen LogP contribution in [-0.4, -0.2) is 37.4 Å². The molecule has 0 radical (unpaired) electrons. The Balaban J connectivity index is 1.55. The Labute approximate surface area is 184 Å². The van der Waals surface area contributed by atoms with Gasteiger partial charge in [-0.2, -0.15) is 0 Å². The zero-order valence-corrected chi connectivity index (χ0v) is 18.5. The van der Waals surface area contributed by atoms with Crippen molar-refractivity contribution in [3.8, 4) is 0 Å². The fourth-order valence-electron chi connectivity index (χ4n) is 3.57. The van der Waals surface area contributed by atoms with Gasteiger partial charge in [0.15, 0.2) is 5.17 Å². The number of aryl methyl sites for hydroxylation is 3. The molecule has 1 aromatic heterocycles. The number of para-hydroxylation sites is 2. The van der Waals surface area contributed by atoms with E-state index in [0.717, 1.165) is 34.5 Å². The number of hydrogen-bond acceptors (Lipinski definition) is 4. The largest absolute Gasteiger partial charge is 0.328 e. The van der Waals surface area contributed by atoms with E-state index in [0.29, 0.717) is 23.3 Å². The lowest BCUT2D eigenvalue weighted by Gasteiger charge is -2.28. The fraction of sp³-hybridized carbons (Fsp3) is 0.318. The molecule has 30 heavy (non-hydrogen) atoms. The van der Waals surface area contributed by atoms with E-state index in [-0.39, 0.29) is 18.0 Å². The molecular weight excluding hydrogens is 420 g/mol. The lowest BCUT2D eigenvalue weighted by atomic mass is 10.2. The summed E-state index contributed by atoms with van der Waals surface area (Å²) < 4.78 is 3.28. The zero-order chi connectivity index (χ0) is 21.3. The highest BCUT2D eigenvalue weighted by Gasteiger charge is 2.24. The second-order valence-corrected chi connectivity index (χ2v) is 8.78. The molecule has 0 bridgehead atoms. The summed E-state index contributed by atoms with van der Waals surface area (Å²) in [4.78, 5) is 32.0. The molecule has 0 unspecified atom stereocenters. The van der Waals surface area contributed by atoms with Crippen molar-refractivity contribution >= 4 is 51.2 Å². The number of rotatable bonds is 4. The first-order chi connectivity index (χ1) is 14.5. The van der Waals surface area contributed by atoms with Gasteiger partial charge < -0.3 is 0 Å². The smallest absolute Gasteiger partial charge is 0.295 e. The fourth-order valence-corrected chi connectivity index (χ4v) is 4.72. The van der Waals surface area contributed by atoms with Crippen LogP contribution in [0.3, 0.4) is 0 Å². The first kappa shape index (κ1) is 20.8. The number of halogens is 1. The van der Waals surface area contributed by atoms with E-state index in [9.17, 15) is 9.59 Å². The van der Waals surface area contributed by atoms with Crippen LogP contribution in [-0.2, 0) is 18.4 Å². The molecule has 1 saturated heterocycles. The maximum Gasteiger partial charge on any atom is 0.328 e. The minimum Gasteiger partial charge on any atom is -0.295 e. The van der Waals surface area contributed by atoms with Gasteiger partial charge in [0.2, 0.25) is 5.91 Å². The van der Waals surface area contributed by atoms with Crippen LogP contribution >= 0.6 is 23.4 Å². The first-order valence-corrected chi connectivity index (χ1v) is 11.2. The minimum atomic E-state index is -0.111. The van der Waals surface area contributed by atoms with Gasteiger partial charge >= 0.3 is 5.69 Å². The summed E-state index contributed by atoms with van der Waals surface area (Å²) in [7, 11) is 1.75. The Hall–Kier alpha value is -2.51. The summed E-state index contributed by atoms with van der Waals surface area (Å²) in [6, 6.07) is 13.3. The lowest BCUT2D eigenvalue weighted by Crippen LogP contribution is -2.40. The highest BCUT2D eigenvalue weighted by Crippen LogP contribution is 2.26. The van der Waals surface area contributed by atoms with Gasteiger partial charge in [-0.15, -0.1) is 0 Å². The molecule has 2 aromatic carbocycles. The quantitative estimate of drug-likeness (QED) is 0.603. The number of aromatic nitrogens is 2. The van der Waals surface area contributed by atoms with Crippen LogP contribution in [0, 0.1) is 6.92 Å². The molecule has 1 aliphatic rings. The third-order valence-electron chi connectivity index (χ3n) is 5.27. The van der Waals surface area contributed by atoms with E-state index in [1.165, 1.54) is 0 Å². The van der Waals surface area contributed by atoms with Crippen LogP contribution in [0.1, 0.15) is 18.4 Å². The van der Waals surface area contributed by atoms with Gasteiger partial charge in [-0.05, 0) is 43.2 Å². The Morgan fingerprint density at radius 1 is 1.20 bits per heavy atom. The van der Waals surface area contributed by atoms with Gasteiger partial charge in [-0.3, -0.25) is 18.8 Å². The van der Waals surface area contributed by atoms with E-state index < -0.39 is 0 Å². The first-order valence-electron chi connectivity index (χ1n) is 9.88. The standard InChI is InChI=1S/C22H23ClN4O2S/c1-15-8-9-16(14-17(15)23)24-21-27(11-5-13-30-21)20(28)10-12-26-19-7-4-3-6-18(19)25(2)22(26)29/h3-4,6-9,14H,5,10-13H2,1-2H3. The van der Waals surface area contributed by atoms with Crippen molar-refractivity contribution in [2.24, 2.45) is 12.0 Å². The van der Waals surface area contributed by atoms with Crippen molar-refractivity contribution in [2.75, 3.05) is 12.3 Å². The third-order valence-corrected chi connectivity index (χ3v) is 6.74. The molecule has 0 N–H and O–H groups in total. The van der Waals surface area contributed by atoms with E-state index in [1.807, 2.05) is 49.4 Å². The molecule has 4 rings (SSSR count). The summed E-state index contributed by atoms with van der Waals surface area (Å²) in [5, 5.41) is 1.35. The average Bonchev–Trinajstić information content (AvgIpc) is 3.00. The average molecular weight is 443 g/mol. The Morgan fingerprint density at radius 3 is 2.73 bits per heavy atom. The van der Waals surface area contributed by atoms with E-state index in [1.54, 1.807) is 32.8 Å². The van der Waals surface area contributed by atoms with Crippen molar-refractivity contribution in [3.05, 3.63) is 63.5 Å². The molecule has 0 atom stereocenters. The van der Waals surface area contributed by atoms with Crippen LogP contribution < -0.4 is 5.69 Å². The number of fused-ring (bicyclic) bond motifs is 1. The molecule has 156 valence electrons. The SMILES string of the molecule is Cc1ccc(N=C2SCCCN2C(=O)CCn2c(=O)n(C)c3ccccc32)cc1Cl. The predicted octanol–water partition coefficient (Wildman–Crippen LogP) is 4.35. The van der Waals surface area contributed by atoms with Crippen molar-refractivity contribution in [1.29, 1.82) is 0 Å². The minimum absolute atomic E-state index is 0.0287. The molecule has 0 spiro atoms. The summed E-state index contributed by atoms with van der Waals surface area (Å²) in [5.74, 6) is 0.893. The number of nitrogens with zero attached hydrogens (tertiary/aromatic N) is 4. The molecule has 0 aliphatic carbocycles. The molecule has 6 nitrogen and oxygen atoms in total. The molecule has 1 aliphatic heterocycles. The van der Waals surface area contributed by atoms with E-state index in [4.69, 9.17) is 11.6 Å². The maximum absolute atomic E-state index is 13.0. The molecule has 0 saturated carbocycles. The number of carbonyl (C=O) groups is 1. The Kier molecular flexibility index (Phi) is 6.01. The van der Waals surface area contributed by atoms with Crippen LogP contribution in [0.4, 0.5) is 5.69 Å². The number of carbonyl (C=O) groups excluding carboxylic acids is 1. The maximum atomic E-state index is 13.0. The second-order valence-electron chi connectivity index (χ2n) is 7.31. The number of benzene rings is 2. The van der Waals surface area contributed by atoms with Crippen molar-refractivity contribution in [3.63, 3.8) is 0 Å². The van der Waals surface area contributed by atoms with Crippen LogP contribution in [0.2, 0.25) is 5.02 Å². The predicted molar refractivity (Wildman–Crippen MR) is 124 cm³/mol. The third kappa shape index (κ3) is 4.04. The molecule has 1 fully saturated rings. The lowest BCUT2D eigenvalue weighted by molar-refractivity contribution is -0.127. The molecular formula is C22H23ClN4O2S. The normalized spacial score (nSPS) is 15.8. The zero-order valence-electron chi connectivity index (χ0n) is 17.0. The van der Waals surface area contributed by atoms with Gasteiger partial charge in [0.1, 0.15) is 0 Å². The monoisotopic (exact) mass is 442 g/mol. The van der Waals surface area contributed by atoms with Crippen molar-refractivity contribution in [2.45, 2.75) is 26.3 Å². The number of amides is 1. The highest BCUT2D eigenvalue weighted by molar-refractivity contribution is 8.13. The summed E-state index contributed by atoms with van der Waals surface area (Å²) in [5.41, 5.74) is 3.32. The topological polar surface area (TPSA) is 59.6 Å². The number of aliphatic imine (C=N–C) groups is 1. The van der Waals surface area contributed by atoms with Crippen molar-refractivity contribution < 1.29 is 4.79 Å². The number of amidine groups is 1. The van der Waals surface area contributed by atoms with Gasteiger partial charge in [-0.25, -0.2) is 9.79 Å². The Bertz CT molecular complexity index is 1200. The van der Waals surface area contributed by atoms with Crippen LogP contribution in [0.5, 0.6) is 0 Å². The van der Waals surface area contributed by atoms with Gasteiger partial charge in [0, 0.05) is 37.3 Å². The number of imidazole rings is 1. The molecule has 3 aromatic rings. The van der Waals surface area contributed by atoms with Crippen molar-refractivity contribution in [1.82, 2.24) is 14.0 Å². The van der Waals surface area contributed by atoms with Gasteiger partial charge in [0.25, 0.3) is 0 Å².